The van der Waals surface area contributed by atoms with Crippen molar-refractivity contribution in [3.05, 3.63) is 41.0 Å². The minimum atomic E-state index is -2.92. The van der Waals surface area contributed by atoms with Crippen molar-refractivity contribution < 1.29 is 17.4 Å². The van der Waals surface area contributed by atoms with Crippen LogP contribution in [0.3, 0.4) is 0 Å². The van der Waals surface area contributed by atoms with Gasteiger partial charge in [0.05, 0.1) is 0 Å². The molecule has 0 aromatic carbocycles. The van der Waals surface area contributed by atoms with Gasteiger partial charge in [-0.3, -0.25) is 0 Å². The molecule has 4 heteroatoms. The van der Waals surface area contributed by atoms with Crippen LogP contribution in [0.1, 0.15) is 53.4 Å². The molecule has 0 aromatic heterocycles. The molecule has 0 saturated carbocycles. The van der Waals surface area contributed by atoms with E-state index in [4.69, 9.17) is 0 Å². The van der Waals surface area contributed by atoms with Crippen LogP contribution in [0.5, 0.6) is 0 Å². The summed E-state index contributed by atoms with van der Waals surface area (Å²) in [5.41, 5.74) is 6.49. The average molecular weight is 439 g/mol. The Morgan fingerprint density at radius 2 is 1.18 bits per heavy atom. The van der Waals surface area contributed by atoms with Crippen molar-refractivity contribution in [3.63, 3.8) is 0 Å². The zero-order chi connectivity index (χ0) is 15.2. The van der Waals surface area contributed by atoms with Gasteiger partial charge in [0, 0.05) is 0 Å². The van der Waals surface area contributed by atoms with Gasteiger partial charge in [-0.15, -0.1) is 24.8 Å². The van der Waals surface area contributed by atoms with Gasteiger partial charge < -0.3 is 0 Å². The molecule has 0 aromatic rings. The molecule has 0 saturated heterocycles. The van der Waals surface area contributed by atoms with E-state index in [-0.39, 0.29) is 24.8 Å². The molecule has 0 aliphatic heterocycles. The van der Waals surface area contributed by atoms with Crippen LogP contribution in [-0.4, -0.2) is 6.88 Å². The molecule has 2 rings (SSSR count). The summed E-state index contributed by atoms with van der Waals surface area (Å²) in [7, 11) is 0. The number of hydrogen-bond donors (Lipinski definition) is 0. The Hall–Kier alpha value is 0.640. The van der Waals surface area contributed by atoms with E-state index in [1.807, 2.05) is 6.56 Å². The minimum absolute atomic E-state index is 0. The molecular weight excluding hydrogens is 406 g/mol. The van der Waals surface area contributed by atoms with Gasteiger partial charge >= 0.3 is 128 Å². The Balaban J connectivity index is 0.00000220. The molecule has 2 aliphatic carbocycles. The van der Waals surface area contributed by atoms with Gasteiger partial charge in [-0.1, -0.05) is 0 Å². The van der Waals surface area contributed by atoms with E-state index in [0.717, 1.165) is 0 Å². The fourth-order valence-corrected chi connectivity index (χ4v) is 19.6. The average Bonchev–Trinajstić information content (AvgIpc) is 2.92. The van der Waals surface area contributed by atoms with E-state index in [2.05, 4.69) is 56.0 Å². The molecule has 0 atom stereocenters. The maximum absolute atomic E-state index is 2.92. The Morgan fingerprint density at radius 3 is 1.45 bits per heavy atom. The number of allylic oxidation sites excluding steroid dienone is 8. The summed E-state index contributed by atoms with van der Waals surface area (Å²) < 4.78 is 9.09. The molecule has 0 unspecified atom stereocenters. The van der Waals surface area contributed by atoms with Crippen molar-refractivity contribution >= 4 is 31.7 Å². The molecule has 126 valence electrons. The van der Waals surface area contributed by atoms with E-state index >= 15 is 0 Å². The molecule has 0 fully saturated rings. The van der Waals surface area contributed by atoms with E-state index in [0.29, 0.717) is 0 Å². The molecule has 0 N–H and O–H groups in total. The van der Waals surface area contributed by atoms with Gasteiger partial charge in [0.1, 0.15) is 0 Å². The number of halogens is 2. The molecular formula is C18H32Cl2SiZr. The smallest absolute Gasteiger partial charge is 0.147 e. The maximum Gasteiger partial charge on any atom is -0.147 e. The van der Waals surface area contributed by atoms with Gasteiger partial charge in [0.25, 0.3) is 0 Å². The van der Waals surface area contributed by atoms with Crippen LogP contribution in [0.2, 0.25) is 9.26 Å². The Labute approximate surface area is 151 Å². The fourth-order valence-electron chi connectivity index (χ4n) is 4.07. The third-order valence-corrected chi connectivity index (χ3v) is 22.2. The Kier molecular flexibility index (Phi) is 7.91. The summed E-state index contributed by atoms with van der Waals surface area (Å²) in [6, 6.07) is 0. The number of hydrogen-bond acceptors (Lipinski definition) is 0. The first-order valence-corrected chi connectivity index (χ1v) is 21.3. The molecule has 0 nitrogen and oxygen atoms in total. The van der Waals surface area contributed by atoms with E-state index in [1.165, 1.54) is 25.7 Å². The zero-order valence-electron chi connectivity index (χ0n) is 15.0. The second kappa shape index (κ2) is 7.68. The molecule has 0 heterocycles. The van der Waals surface area contributed by atoms with Crippen LogP contribution in [-0.2, 0) is 17.4 Å². The molecule has 0 bridgehead atoms. The van der Waals surface area contributed by atoms with Crippen molar-refractivity contribution in [2.24, 2.45) is 0 Å². The summed E-state index contributed by atoms with van der Waals surface area (Å²) in [5, 5.41) is 0. The van der Waals surface area contributed by atoms with Gasteiger partial charge in [0.15, 0.2) is 0 Å². The second-order valence-electron chi connectivity index (χ2n) is 7.74. The van der Waals surface area contributed by atoms with Crippen LogP contribution in [0.25, 0.3) is 0 Å². The van der Waals surface area contributed by atoms with E-state index in [9.17, 15) is 0 Å². The minimum Gasteiger partial charge on any atom is -0.147 e. The van der Waals surface area contributed by atoms with Crippen LogP contribution < -0.4 is 0 Å². The molecule has 0 spiro atoms. The first-order chi connectivity index (χ1) is 9.18. The largest absolute Gasteiger partial charge is 0.147 e. The maximum atomic E-state index is 2.68. The van der Waals surface area contributed by atoms with Crippen molar-refractivity contribution in [2.45, 2.75) is 62.6 Å². The summed E-state index contributed by atoms with van der Waals surface area (Å²) in [4.78, 5) is 0. The van der Waals surface area contributed by atoms with Gasteiger partial charge in [-0.2, -0.15) is 0 Å². The van der Waals surface area contributed by atoms with Crippen LogP contribution in [0.4, 0.5) is 0 Å². The van der Waals surface area contributed by atoms with Gasteiger partial charge in [-0.25, -0.2) is 0 Å². The molecule has 0 radical (unpaired) electrons. The predicted molar refractivity (Wildman–Crippen MR) is 106 cm³/mol. The monoisotopic (exact) mass is 436 g/mol. The molecule has 22 heavy (non-hydrogen) atoms. The van der Waals surface area contributed by atoms with Crippen molar-refractivity contribution in [1.29, 1.82) is 0 Å². The fraction of sp³-hybridized carbons (Fsp3) is 0.556. The third kappa shape index (κ3) is 4.00. The van der Waals surface area contributed by atoms with Crippen LogP contribution >= 0.6 is 24.8 Å². The second-order valence-corrected chi connectivity index (χ2v) is 36.5. The van der Waals surface area contributed by atoms with E-state index < -0.39 is 17.4 Å². The molecule has 2 aliphatic rings. The topological polar surface area (TPSA) is 0 Å². The Morgan fingerprint density at radius 1 is 0.864 bits per heavy atom. The predicted octanol–water partition coefficient (Wildman–Crippen LogP) is 6.19. The third-order valence-electron chi connectivity index (χ3n) is 5.23. The normalized spacial score (nSPS) is 18.9. The van der Waals surface area contributed by atoms with Crippen molar-refractivity contribution in [1.82, 2.24) is 0 Å². The molecule has 0 amide bonds. The van der Waals surface area contributed by atoms with E-state index in [1.54, 1.807) is 22.3 Å². The number of rotatable bonds is 4. The first-order valence-electron chi connectivity index (χ1n) is 8.04. The summed E-state index contributed by atoms with van der Waals surface area (Å²) in [6.07, 6.45) is 9.88. The van der Waals surface area contributed by atoms with Crippen molar-refractivity contribution in [3.8, 4) is 0 Å². The summed E-state index contributed by atoms with van der Waals surface area (Å²) in [6.45, 7) is 11.7. The van der Waals surface area contributed by atoms with Gasteiger partial charge in [-0.05, 0) is 0 Å². The standard InChI is InChI=1S/2C8H11.2CH3.2ClH.H2Si.Zr/c2*1-3-8-5-4-7(2)6-8;;;;;;/h2*6H,3-4H2,1-2H3;2*1H3;2*1H;1H2;. The van der Waals surface area contributed by atoms with Crippen molar-refractivity contribution in [2.75, 3.05) is 0 Å². The quantitative estimate of drug-likeness (QED) is 0.459. The van der Waals surface area contributed by atoms with Crippen LogP contribution in [0, 0.1) is 0 Å². The summed E-state index contributed by atoms with van der Waals surface area (Å²) >= 11 is -2.92. The first kappa shape index (κ1) is 22.6. The van der Waals surface area contributed by atoms with Gasteiger partial charge in [0.2, 0.25) is 0 Å². The SMILES string of the molecule is CCC1=[C]([Zr]([CH3])([CH3])(=[SiH2])[C]2=C(CC)C=C(C)C2)CC(C)=C1.Cl.Cl. The van der Waals surface area contributed by atoms with Crippen LogP contribution in [0.15, 0.2) is 41.0 Å². The zero-order valence-corrected chi connectivity index (χ0v) is 20.5. The Bertz CT molecular complexity index is 592. The summed E-state index contributed by atoms with van der Waals surface area (Å²) in [5.74, 6) is 0.